The lowest BCUT2D eigenvalue weighted by Gasteiger charge is -2.11. The number of rotatable bonds is 3. The van der Waals surface area contributed by atoms with Gasteiger partial charge in [0.2, 0.25) is 0 Å². The fourth-order valence-corrected chi connectivity index (χ4v) is 1.75. The minimum absolute atomic E-state index is 0.00743. The van der Waals surface area contributed by atoms with Crippen molar-refractivity contribution in [1.29, 1.82) is 0 Å². The summed E-state index contributed by atoms with van der Waals surface area (Å²) >= 11 is 5.79. The molecule has 0 saturated heterocycles. The van der Waals surface area contributed by atoms with Crippen LogP contribution in [0.5, 0.6) is 0 Å². The lowest BCUT2D eigenvalue weighted by atomic mass is 9.93. The lowest BCUT2D eigenvalue weighted by molar-refractivity contribution is -0.384. The Morgan fingerprint density at radius 2 is 2.06 bits per heavy atom. The number of carbonyl (C=O) groups is 1. The summed E-state index contributed by atoms with van der Waals surface area (Å²) in [5, 5.41) is 10.7. The van der Waals surface area contributed by atoms with Gasteiger partial charge in [-0.2, -0.15) is 0 Å². The minimum Gasteiger partial charge on any atom is -0.299 e. The molecule has 1 aromatic rings. The Balaban J connectivity index is 3.31. The number of nitrogens with zero attached hydrogens (tertiary/aromatic N) is 1. The van der Waals surface area contributed by atoms with Crippen molar-refractivity contribution >= 4 is 23.1 Å². The summed E-state index contributed by atoms with van der Waals surface area (Å²) in [4.78, 5) is 21.4. The van der Waals surface area contributed by atoms with E-state index in [1.807, 2.05) is 0 Å². The van der Waals surface area contributed by atoms with Crippen molar-refractivity contribution in [3.8, 4) is 0 Å². The highest BCUT2D eigenvalue weighted by atomic mass is 35.5. The molecule has 5 heteroatoms. The standard InChI is InChI=1S/C11H12ClNO3/c1-6-4-11(13(15)16)10(12)5-9(6)7(2)8(3)14/h4-5,7H,1-3H3. The summed E-state index contributed by atoms with van der Waals surface area (Å²) in [6.45, 7) is 4.98. The number of halogens is 1. The van der Waals surface area contributed by atoms with E-state index in [-0.39, 0.29) is 22.4 Å². The highest BCUT2D eigenvalue weighted by Gasteiger charge is 2.19. The first-order chi connectivity index (χ1) is 7.34. The van der Waals surface area contributed by atoms with E-state index in [4.69, 9.17) is 11.6 Å². The maximum absolute atomic E-state index is 11.2. The molecule has 1 aromatic carbocycles. The number of benzene rings is 1. The van der Waals surface area contributed by atoms with Gasteiger partial charge in [-0.05, 0) is 31.0 Å². The molecule has 4 nitrogen and oxygen atoms in total. The van der Waals surface area contributed by atoms with Crippen LogP contribution in [0.25, 0.3) is 0 Å². The van der Waals surface area contributed by atoms with Crippen LogP contribution in [0.15, 0.2) is 12.1 Å². The molecule has 16 heavy (non-hydrogen) atoms. The number of hydrogen-bond donors (Lipinski definition) is 0. The molecule has 0 bridgehead atoms. The molecule has 0 saturated carbocycles. The maximum Gasteiger partial charge on any atom is 0.288 e. The van der Waals surface area contributed by atoms with Gasteiger partial charge in [0.1, 0.15) is 10.8 Å². The largest absolute Gasteiger partial charge is 0.299 e. The van der Waals surface area contributed by atoms with Crippen molar-refractivity contribution < 1.29 is 9.72 Å². The van der Waals surface area contributed by atoms with Crippen molar-refractivity contribution in [3.63, 3.8) is 0 Å². The third kappa shape index (κ3) is 2.39. The Bertz CT molecular complexity index is 457. The molecule has 0 fully saturated rings. The molecule has 0 aliphatic carbocycles. The van der Waals surface area contributed by atoms with Crippen LogP contribution in [-0.2, 0) is 4.79 Å². The van der Waals surface area contributed by atoms with E-state index in [1.165, 1.54) is 19.1 Å². The van der Waals surface area contributed by atoms with Gasteiger partial charge in [0.15, 0.2) is 0 Å². The first-order valence-corrected chi connectivity index (χ1v) is 5.17. The first-order valence-electron chi connectivity index (χ1n) is 4.79. The van der Waals surface area contributed by atoms with Crippen molar-refractivity contribution in [1.82, 2.24) is 0 Å². The summed E-state index contributed by atoms with van der Waals surface area (Å²) in [7, 11) is 0. The van der Waals surface area contributed by atoms with Crippen LogP contribution in [0.2, 0.25) is 5.02 Å². The molecule has 0 spiro atoms. The van der Waals surface area contributed by atoms with Gasteiger partial charge in [0.25, 0.3) is 5.69 Å². The number of nitro groups is 1. The normalized spacial score (nSPS) is 12.2. The number of nitro benzene ring substituents is 1. The van der Waals surface area contributed by atoms with Crippen LogP contribution in [0, 0.1) is 17.0 Å². The van der Waals surface area contributed by atoms with Gasteiger partial charge in [-0.15, -0.1) is 0 Å². The second-order valence-corrected chi connectivity index (χ2v) is 4.16. The Morgan fingerprint density at radius 1 is 1.50 bits per heavy atom. The van der Waals surface area contributed by atoms with Crippen molar-refractivity contribution in [3.05, 3.63) is 38.4 Å². The van der Waals surface area contributed by atoms with Crippen LogP contribution >= 0.6 is 11.6 Å². The Hall–Kier alpha value is -1.42. The van der Waals surface area contributed by atoms with Gasteiger partial charge >= 0.3 is 0 Å². The average Bonchev–Trinajstić information content (AvgIpc) is 2.19. The molecule has 0 amide bonds. The maximum atomic E-state index is 11.2. The van der Waals surface area contributed by atoms with Gasteiger partial charge in [0.05, 0.1) is 4.92 Å². The van der Waals surface area contributed by atoms with Crippen LogP contribution in [0.4, 0.5) is 5.69 Å². The summed E-state index contributed by atoms with van der Waals surface area (Å²) < 4.78 is 0. The summed E-state index contributed by atoms with van der Waals surface area (Å²) in [5.74, 6) is -0.286. The van der Waals surface area contributed by atoms with Crippen molar-refractivity contribution in [2.24, 2.45) is 0 Å². The zero-order chi connectivity index (χ0) is 12.5. The van der Waals surface area contributed by atoms with Gasteiger partial charge in [-0.1, -0.05) is 18.5 Å². The summed E-state index contributed by atoms with van der Waals surface area (Å²) in [6.07, 6.45) is 0. The van der Waals surface area contributed by atoms with E-state index in [0.717, 1.165) is 5.56 Å². The zero-order valence-electron chi connectivity index (χ0n) is 9.28. The van der Waals surface area contributed by atoms with Crippen LogP contribution in [-0.4, -0.2) is 10.7 Å². The van der Waals surface area contributed by atoms with Crippen molar-refractivity contribution in [2.45, 2.75) is 26.7 Å². The molecule has 1 unspecified atom stereocenters. The van der Waals surface area contributed by atoms with Crippen molar-refractivity contribution in [2.75, 3.05) is 0 Å². The van der Waals surface area contributed by atoms with Gasteiger partial charge in [-0.3, -0.25) is 14.9 Å². The summed E-state index contributed by atoms with van der Waals surface area (Å²) in [6, 6.07) is 2.90. The quantitative estimate of drug-likeness (QED) is 0.603. The zero-order valence-corrected chi connectivity index (χ0v) is 10.0. The second-order valence-electron chi connectivity index (χ2n) is 3.75. The topological polar surface area (TPSA) is 60.2 Å². The van der Waals surface area contributed by atoms with E-state index in [1.54, 1.807) is 13.8 Å². The molecule has 1 rings (SSSR count). The van der Waals surface area contributed by atoms with Crippen LogP contribution in [0.3, 0.4) is 0 Å². The minimum atomic E-state index is -0.530. The third-order valence-corrected chi connectivity index (χ3v) is 2.91. The molecule has 0 aliphatic rings. The molecule has 0 N–H and O–H groups in total. The lowest BCUT2D eigenvalue weighted by Crippen LogP contribution is -2.06. The highest BCUT2D eigenvalue weighted by molar-refractivity contribution is 6.32. The molecule has 0 aliphatic heterocycles. The predicted octanol–water partition coefficient (Wildman–Crippen LogP) is 3.25. The Morgan fingerprint density at radius 3 is 2.50 bits per heavy atom. The Labute approximate surface area is 98.4 Å². The van der Waals surface area contributed by atoms with Crippen LogP contribution in [0.1, 0.15) is 30.9 Å². The van der Waals surface area contributed by atoms with E-state index in [2.05, 4.69) is 0 Å². The molecule has 1 atom stereocenters. The smallest absolute Gasteiger partial charge is 0.288 e. The molecular weight excluding hydrogens is 230 g/mol. The van der Waals surface area contributed by atoms with Gasteiger partial charge in [-0.25, -0.2) is 0 Å². The fourth-order valence-electron chi connectivity index (χ4n) is 1.51. The summed E-state index contributed by atoms with van der Waals surface area (Å²) in [5.41, 5.74) is 1.32. The monoisotopic (exact) mass is 241 g/mol. The van der Waals surface area contributed by atoms with Crippen LogP contribution < -0.4 is 0 Å². The number of aryl methyl sites for hydroxylation is 1. The highest BCUT2D eigenvalue weighted by Crippen LogP contribution is 2.31. The first kappa shape index (κ1) is 12.6. The third-order valence-electron chi connectivity index (χ3n) is 2.61. The molecule has 86 valence electrons. The average molecular weight is 242 g/mol. The van der Waals surface area contributed by atoms with Gasteiger partial charge in [0, 0.05) is 12.0 Å². The number of Topliss-reactive ketones (excluding diaryl/α,β-unsaturated/α-hetero) is 1. The molecule has 0 aromatic heterocycles. The second kappa shape index (κ2) is 4.61. The van der Waals surface area contributed by atoms with E-state index >= 15 is 0 Å². The predicted molar refractivity (Wildman–Crippen MR) is 61.9 cm³/mol. The Kier molecular flexibility index (Phi) is 3.65. The van der Waals surface area contributed by atoms with E-state index in [9.17, 15) is 14.9 Å². The molecule has 0 heterocycles. The number of ketones is 1. The van der Waals surface area contributed by atoms with E-state index in [0.29, 0.717) is 5.56 Å². The van der Waals surface area contributed by atoms with E-state index < -0.39 is 4.92 Å². The number of hydrogen-bond acceptors (Lipinski definition) is 3. The molecule has 0 radical (unpaired) electrons. The molecular formula is C11H12ClNO3. The SMILES string of the molecule is CC(=O)C(C)c1cc(Cl)c([N+](=O)[O-])cc1C. The number of carbonyl (C=O) groups excluding carboxylic acids is 1. The van der Waals surface area contributed by atoms with Gasteiger partial charge < -0.3 is 0 Å². The fraction of sp³-hybridized carbons (Fsp3) is 0.364.